The minimum atomic E-state index is -3.93. The number of carbonyl (C=O) groups is 2. The summed E-state index contributed by atoms with van der Waals surface area (Å²) in [5, 5.41) is 6.41. The van der Waals surface area contributed by atoms with E-state index >= 15 is 0 Å². The summed E-state index contributed by atoms with van der Waals surface area (Å²) in [5.41, 5.74) is 2.05. The van der Waals surface area contributed by atoms with E-state index < -0.39 is 16.1 Å². The highest BCUT2D eigenvalue weighted by Crippen LogP contribution is 2.29. The Hall–Kier alpha value is -3.66. The maximum absolute atomic E-state index is 13.1. The van der Waals surface area contributed by atoms with Crippen molar-refractivity contribution in [2.45, 2.75) is 64.4 Å². The van der Waals surface area contributed by atoms with E-state index in [1.54, 1.807) is 37.1 Å². The number of carbonyl (C=O) groups excluding carboxylic acids is 2. The highest BCUT2D eigenvalue weighted by Gasteiger charge is 2.31. The van der Waals surface area contributed by atoms with Crippen molar-refractivity contribution in [3.63, 3.8) is 0 Å². The molecule has 0 saturated carbocycles. The van der Waals surface area contributed by atoms with Crippen molar-refractivity contribution in [1.82, 2.24) is 15.4 Å². The van der Waals surface area contributed by atoms with Crippen LogP contribution < -0.4 is 10.0 Å². The van der Waals surface area contributed by atoms with E-state index in [9.17, 15) is 18.0 Å². The van der Waals surface area contributed by atoms with E-state index in [0.717, 1.165) is 18.4 Å². The van der Waals surface area contributed by atoms with Crippen LogP contribution in [-0.2, 0) is 26.2 Å². The Balaban J connectivity index is 1.90. The van der Waals surface area contributed by atoms with Gasteiger partial charge < -0.3 is 14.7 Å². The molecule has 0 fully saturated rings. The van der Waals surface area contributed by atoms with Gasteiger partial charge in [-0.2, -0.15) is 0 Å². The summed E-state index contributed by atoms with van der Waals surface area (Å²) in [6, 6.07) is 15.0. The molecule has 38 heavy (non-hydrogen) atoms. The van der Waals surface area contributed by atoms with Crippen molar-refractivity contribution in [3.8, 4) is 11.1 Å². The lowest BCUT2D eigenvalue weighted by atomic mass is 9.99. The van der Waals surface area contributed by atoms with Crippen LogP contribution in [-0.4, -0.2) is 43.4 Å². The van der Waals surface area contributed by atoms with Crippen LogP contribution >= 0.6 is 0 Å². The molecule has 0 unspecified atom stereocenters. The molecule has 0 aliphatic heterocycles. The fourth-order valence-electron chi connectivity index (χ4n) is 4.30. The van der Waals surface area contributed by atoms with Gasteiger partial charge in [0.2, 0.25) is 11.8 Å². The number of aromatic nitrogens is 1. The molecule has 3 aromatic rings. The molecule has 10 heteroatoms. The van der Waals surface area contributed by atoms with Gasteiger partial charge in [0.1, 0.15) is 11.8 Å². The second kappa shape index (κ2) is 12.7. The number of hydrogen-bond acceptors (Lipinski definition) is 6. The summed E-state index contributed by atoms with van der Waals surface area (Å²) >= 11 is 0. The van der Waals surface area contributed by atoms with Crippen LogP contribution in [0.2, 0.25) is 0 Å². The van der Waals surface area contributed by atoms with Crippen LogP contribution in [0.1, 0.15) is 51.4 Å². The third-order valence-electron chi connectivity index (χ3n) is 6.21. The van der Waals surface area contributed by atoms with E-state index in [1.165, 1.54) is 12.1 Å². The Morgan fingerprint density at radius 1 is 1.08 bits per heavy atom. The predicted molar refractivity (Wildman–Crippen MR) is 147 cm³/mol. The molecule has 0 radical (unpaired) electrons. The third-order valence-corrected chi connectivity index (χ3v) is 7.62. The summed E-state index contributed by atoms with van der Waals surface area (Å²) in [6.45, 7) is 7.82. The van der Waals surface area contributed by atoms with Crippen LogP contribution in [0.4, 0.5) is 5.82 Å². The molecule has 2 N–H and O–H groups in total. The fraction of sp³-hybridized carbons (Fsp3) is 0.393. The molecule has 0 aliphatic rings. The molecule has 1 aromatic heterocycles. The number of nitrogens with one attached hydrogen (secondary N) is 2. The second-order valence-electron chi connectivity index (χ2n) is 9.55. The van der Waals surface area contributed by atoms with E-state index in [2.05, 4.69) is 15.2 Å². The molecule has 2 aromatic carbocycles. The lowest BCUT2D eigenvalue weighted by Crippen LogP contribution is -2.51. The lowest BCUT2D eigenvalue weighted by molar-refractivity contribution is -0.142. The number of benzene rings is 2. The Kier molecular flexibility index (Phi) is 9.68. The average molecular weight is 541 g/mol. The predicted octanol–water partition coefficient (Wildman–Crippen LogP) is 4.74. The zero-order valence-electron chi connectivity index (χ0n) is 22.5. The standard InChI is InChI=1S/C28H36N4O5S/c1-6-7-12-26(33)32(27(19(2)3)28(34)29-5)18-21-13-15-22(16-14-21)23-10-8-9-11-24(23)38(35,36)31-25-17-20(4)37-30-25/h8-11,13-17,19,27H,6-7,12,18H2,1-5H3,(H,29,34)(H,30,31)/t27-/m0/s1. The largest absolute Gasteiger partial charge is 0.360 e. The zero-order chi connectivity index (χ0) is 27.9. The Bertz CT molecular complexity index is 1350. The number of unbranched alkanes of at least 4 members (excludes halogenated alkanes) is 1. The van der Waals surface area contributed by atoms with E-state index in [1.807, 2.05) is 45.0 Å². The van der Waals surface area contributed by atoms with Crippen molar-refractivity contribution in [1.29, 1.82) is 0 Å². The van der Waals surface area contributed by atoms with E-state index in [-0.39, 0.29) is 35.0 Å². The minimum Gasteiger partial charge on any atom is -0.360 e. The van der Waals surface area contributed by atoms with Gasteiger partial charge in [0, 0.05) is 31.6 Å². The van der Waals surface area contributed by atoms with Gasteiger partial charge in [-0.15, -0.1) is 0 Å². The van der Waals surface area contributed by atoms with Crippen molar-refractivity contribution in [2.75, 3.05) is 11.8 Å². The highest BCUT2D eigenvalue weighted by atomic mass is 32.2. The summed E-state index contributed by atoms with van der Waals surface area (Å²) in [7, 11) is -2.36. The molecule has 1 heterocycles. The summed E-state index contributed by atoms with van der Waals surface area (Å²) < 4.78 is 33.7. The minimum absolute atomic E-state index is 0.0659. The fourth-order valence-corrected chi connectivity index (χ4v) is 5.51. The molecule has 0 bridgehead atoms. The smallest absolute Gasteiger partial charge is 0.263 e. The van der Waals surface area contributed by atoms with Crippen molar-refractivity contribution >= 4 is 27.7 Å². The quantitative estimate of drug-likeness (QED) is 0.342. The van der Waals surface area contributed by atoms with Crippen LogP contribution in [0, 0.1) is 12.8 Å². The first-order valence-electron chi connectivity index (χ1n) is 12.7. The summed E-state index contributed by atoms with van der Waals surface area (Å²) in [4.78, 5) is 27.6. The van der Waals surface area contributed by atoms with Crippen molar-refractivity contribution in [2.24, 2.45) is 5.92 Å². The number of amides is 2. The molecule has 0 saturated heterocycles. The molecule has 0 spiro atoms. The first kappa shape index (κ1) is 28.9. The first-order chi connectivity index (χ1) is 18.1. The summed E-state index contributed by atoms with van der Waals surface area (Å²) in [5.74, 6) is 0.262. The Morgan fingerprint density at radius 2 is 1.76 bits per heavy atom. The van der Waals surface area contributed by atoms with Gasteiger partial charge in [0.05, 0.1) is 4.90 Å². The van der Waals surface area contributed by atoms with Gasteiger partial charge >= 0.3 is 0 Å². The van der Waals surface area contributed by atoms with Crippen LogP contribution in [0.3, 0.4) is 0 Å². The topological polar surface area (TPSA) is 122 Å². The normalized spacial score (nSPS) is 12.3. The summed E-state index contributed by atoms with van der Waals surface area (Å²) in [6.07, 6.45) is 2.01. The monoisotopic (exact) mass is 540 g/mol. The molecule has 2 amide bonds. The van der Waals surface area contributed by atoms with Crippen LogP contribution in [0.15, 0.2) is 64.0 Å². The maximum Gasteiger partial charge on any atom is 0.263 e. The van der Waals surface area contributed by atoms with E-state index in [4.69, 9.17) is 4.52 Å². The first-order valence-corrected chi connectivity index (χ1v) is 14.2. The number of nitrogens with zero attached hydrogens (tertiary/aromatic N) is 2. The zero-order valence-corrected chi connectivity index (χ0v) is 23.3. The Morgan fingerprint density at radius 3 is 2.34 bits per heavy atom. The molecular weight excluding hydrogens is 504 g/mol. The molecule has 204 valence electrons. The molecule has 3 rings (SSSR count). The van der Waals surface area contributed by atoms with E-state index in [0.29, 0.717) is 23.3 Å². The second-order valence-corrected chi connectivity index (χ2v) is 11.2. The van der Waals surface area contributed by atoms with Gasteiger partial charge in [-0.1, -0.05) is 74.8 Å². The molecule has 9 nitrogen and oxygen atoms in total. The van der Waals surface area contributed by atoms with Crippen molar-refractivity contribution in [3.05, 3.63) is 65.9 Å². The number of hydrogen-bond donors (Lipinski definition) is 2. The number of anilines is 1. The number of likely N-dealkylation sites (N-methyl/N-ethyl adjacent to an activating group) is 1. The highest BCUT2D eigenvalue weighted by molar-refractivity contribution is 7.92. The maximum atomic E-state index is 13.1. The van der Waals surface area contributed by atoms with Crippen molar-refractivity contribution < 1.29 is 22.5 Å². The Labute approximate surface area is 224 Å². The third kappa shape index (κ3) is 7.00. The van der Waals surface area contributed by atoms with Crippen LogP contribution in [0.25, 0.3) is 11.1 Å². The lowest BCUT2D eigenvalue weighted by Gasteiger charge is -2.33. The number of aryl methyl sites for hydroxylation is 1. The van der Waals surface area contributed by atoms with Gasteiger partial charge in [0.15, 0.2) is 5.82 Å². The number of rotatable bonds is 12. The molecule has 1 atom stereocenters. The number of sulfonamides is 1. The van der Waals surface area contributed by atoms with Gasteiger partial charge in [-0.25, -0.2) is 8.42 Å². The van der Waals surface area contributed by atoms with Gasteiger partial charge in [0.25, 0.3) is 10.0 Å². The average Bonchev–Trinajstić information content (AvgIpc) is 3.30. The molecular formula is C28H36N4O5S. The van der Waals surface area contributed by atoms with Gasteiger partial charge in [-0.05, 0) is 36.5 Å². The van der Waals surface area contributed by atoms with Crippen LogP contribution in [0.5, 0.6) is 0 Å². The van der Waals surface area contributed by atoms with Gasteiger partial charge in [-0.3, -0.25) is 14.3 Å². The SMILES string of the molecule is CCCCC(=O)N(Cc1ccc(-c2ccccc2S(=O)(=O)Nc2cc(C)on2)cc1)[C@H](C(=O)NC)C(C)C. The molecule has 0 aliphatic carbocycles.